The molecular weight excluding hydrogens is 316 g/mol. The Morgan fingerprint density at radius 1 is 1.08 bits per heavy atom. The Kier molecular flexibility index (Phi) is 5.86. The van der Waals surface area contributed by atoms with Crippen LogP contribution >= 0.6 is 11.3 Å². The van der Waals surface area contributed by atoms with Crippen molar-refractivity contribution in [3.05, 3.63) is 82.3 Å². The molecule has 0 saturated heterocycles. The normalized spacial score (nSPS) is 13.8. The van der Waals surface area contributed by atoms with Crippen molar-refractivity contribution in [3.8, 4) is 0 Å². The van der Waals surface area contributed by atoms with E-state index in [0.717, 1.165) is 24.4 Å². The lowest BCUT2D eigenvalue weighted by Crippen LogP contribution is -2.27. The van der Waals surface area contributed by atoms with E-state index < -0.39 is 0 Å². The van der Waals surface area contributed by atoms with E-state index in [1.165, 1.54) is 11.1 Å². The number of rotatable bonds is 8. The molecule has 0 radical (unpaired) electrons. The summed E-state index contributed by atoms with van der Waals surface area (Å²) in [5.74, 6) is 0. The van der Waals surface area contributed by atoms with Gasteiger partial charge in [0.25, 0.3) is 0 Å². The van der Waals surface area contributed by atoms with Gasteiger partial charge in [-0.15, -0.1) is 11.3 Å². The van der Waals surface area contributed by atoms with E-state index in [4.69, 9.17) is 0 Å². The summed E-state index contributed by atoms with van der Waals surface area (Å²) in [6.07, 6.45) is 4.65. The molecule has 0 aliphatic rings. The van der Waals surface area contributed by atoms with Crippen molar-refractivity contribution in [2.45, 2.75) is 38.6 Å². The van der Waals surface area contributed by atoms with E-state index in [-0.39, 0.29) is 12.1 Å². The summed E-state index contributed by atoms with van der Waals surface area (Å²) in [5, 5.41) is 15.7. The van der Waals surface area contributed by atoms with Gasteiger partial charge in [0.15, 0.2) is 0 Å². The number of aliphatic hydroxyl groups excluding tert-OH is 1. The molecule has 0 spiro atoms. The fourth-order valence-corrected chi connectivity index (χ4v) is 3.52. The number of nitrogens with one attached hydrogen (secondary N) is 1. The van der Waals surface area contributed by atoms with Crippen LogP contribution in [0.5, 0.6) is 0 Å². The van der Waals surface area contributed by atoms with Crippen molar-refractivity contribution in [1.29, 1.82) is 0 Å². The smallest absolute Gasteiger partial charge is 0.0896 e. The molecule has 126 valence electrons. The third kappa shape index (κ3) is 4.81. The highest BCUT2D eigenvalue weighted by molar-refractivity contribution is 7.10. The number of nitrogens with zero attached hydrogens (tertiary/aromatic N) is 1. The molecule has 2 heterocycles. The lowest BCUT2D eigenvalue weighted by atomic mass is 10.1. The predicted octanol–water partition coefficient (Wildman–Crippen LogP) is 4.20. The zero-order chi connectivity index (χ0) is 16.8. The van der Waals surface area contributed by atoms with Crippen LogP contribution in [0.3, 0.4) is 0 Å². The van der Waals surface area contributed by atoms with E-state index in [1.807, 2.05) is 23.6 Å². The van der Waals surface area contributed by atoms with E-state index >= 15 is 0 Å². The zero-order valence-corrected chi connectivity index (χ0v) is 14.7. The van der Waals surface area contributed by atoms with Gasteiger partial charge in [0.2, 0.25) is 0 Å². The summed E-state index contributed by atoms with van der Waals surface area (Å²) in [6.45, 7) is 3.84. The molecule has 3 rings (SSSR count). The lowest BCUT2D eigenvalue weighted by molar-refractivity contribution is 0.157. The molecule has 0 fully saturated rings. The maximum absolute atomic E-state index is 10.2. The maximum atomic E-state index is 10.2. The molecule has 2 atom stereocenters. The fourth-order valence-electron chi connectivity index (χ4n) is 2.80. The molecule has 4 heteroatoms. The Morgan fingerprint density at radius 2 is 1.92 bits per heavy atom. The third-order valence-corrected chi connectivity index (χ3v) is 5.10. The first kappa shape index (κ1) is 17.0. The summed E-state index contributed by atoms with van der Waals surface area (Å²) >= 11 is 1.61. The summed E-state index contributed by atoms with van der Waals surface area (Å²) < 4.78 is 2.21. The van der Waals surface area contributed by atoms with Crippen LogP contribution in [0.4, 0.5) is 0 Å². The number of benzene rings is 1. The molecule has 2 unspecified atom stereocenters. The zero-order valence-electron chi connectivity index (χ0n) is 13.9. The highest BCUT2D eigenvalue weighted by Gasteiger charge is 2.13. The summed E-state index contributed by atoms with van der Waals surface area (Å²) in [7, 11) is 0. The average molecular weight is 340 g/mol. The Balaban J connectivity index is 1.46. The summed E-state index contributed by atoms with van der Waals surface area (Å²) in [6, 6.07) is 16.9. The van der Waals surface area contributed by atoms with E-state index in [9.17, 15) is 5.11 Å². The Bertz CT molecular complexity index is 721. The number of hydrogen-bond acceptors (Lipinski definition) is 3. The molecule has 24 heavy (non-hydrogen) atoms. The lowest BCUT2D eigenvalue weighted by Gasteiger charge is -2.16. The van der Waals surface area contributed by atoms with Gasteiger partial charge in [-0.1, -0.05) is 36.4 Å². The first-order valence-electron chi connectivity index (χ1n) is 8.34. The Hall–Kier alpha value is -1.88. The standard InChI is InChI=1S/C20H24N2OS/c1-16(12-19(23)20-8-5-11-24-20)21-13-18-9-10-22(15-18)14-17-6-3-2-4-7-17/h2-11,15-16,19,21,23H,12-14H2,1H3. The first-order valence-corrected chi connectivity index (χ1v) is 9.22. The van der Waals surface area contributed by atoms with Crippen molar-refractivity contribution in [1.82, 2.24) is 9.88 Å². The fraction of sp³-hybridized carbons (Fsp3) is 0.300. The van der Waals surface area contributed by atoms with Crippen LogP contribution in [-0.4, -0.2) is 15.7 Å². The summed E-state index contributed by atoms with van der Waals surface area (Å²) in [5.41, 5.74) is 2.57. The van der Waals surface area contributed by atoms with Crippen LogP contribution in [0.25, 0.3) is 0 Å². The van der Waals surface area contributed by atoms with E-state index in [2.05, 4.69) is 59.5 Å². The SMILES string of the molecule is CC(CC(O)c1cccs1)NCc1ccn(Cc2ccccc2)c1. The third-order valence-electron chi connectivity index (χ3n) is 4.12. The van der Waals surface area contributed by atoms with Crippen LogP contribution < -0.4 is 5.32 Å². The summed E-state index contributed by atoms with van der Waals surface area (Å²) in [4.78, 5) is 1.04. The molecule has 2 N–H and O–H groups in total. The van der Waals surface area contributed by atoms with Crippen LogP contribution in [0.1, 0.15) is 35.5 Å². The van der Waals surface area contributed by atoms with Crippen molar-refractivity contribution >= 4 is 11.3 Å². The topological polar surface area (TPSA) is 37.2 Å². The first-order chi connectivity index (χ1) is 11.7. The largest absolute Gasteiger partial charge is 0.388 e. The molecule has 2 aromatic heterocycles. The van der Waals surface area contributed by atoms with Gasteiger partial charge >= 0.3 is 0 Å². The van der Waals surface area contributed by atoms with E-state index in [0.29, 0.717) is 0 Å². The van der Waals surface area contributed by atoms with Crippen molar-refractivity contribution in [2.24, 2.45) is 0 Å². The number of hydrogen-bond donors (Lipinski definition) is 2. The van der Waals surface area contributed by atoms with Crippen molar-refractivity contribution < 1.29 is 5.11 Å². The molecule has 1 aromatic carbocycles. The second kappa shape index (κ2) is 8.29. The molecule has 0 aliphatic carbocycles. The highest BCUT2D eigenvalue weighted by Crippen LogP contribution is 2.22. The minimum absolute atomic E-state index is 0.263. The van der Waals surface area contributed by atoms with Crippen LogP contribution in [0.15, 0.2) is 66.3 Å². The van der Waals surface area contributed by atoms with Crippen LogP contribution in [0, 0.1) is 0 Å². The minimum atomic E-state index is -0.379. The highest BCUT2D eigenvalue weighted by atomic mass is 32.1. The molecule has 0 amide bonds. The number of thiophene rings is 1. The number of aromatic nitrogens is 1. The van der Waals surface area contributed by atoms with Gasteiger partial charge < -0.3 is 15.0 Å². The van der Waals surface area contributed by atoms with Crippen molar-refractivity contribution in [3.63, 3.8) is 0 Å². The second-order valence-corrected chi connectivity index (χ2v) is 7.21. The van der Waals surface area contributed by atoms with Crippen molar-refractivity contribution in [2.75, 3.05) is 0 Å². The quantitative estimate of drug-likeness (QED) is 0.645. The Morgan fingerprint density at radius 3 is 2.67 bits per heavy atom. The average Bonchev–Trinajstić information content (AvgIpc) is 3.26. The molecular formula is C20H24N2OS. The molecule has 0 bridgehead atoms. The maximum Gasteiger partial charge on any atom is 0.0896 e. The molecule has 0 saturated carbocycles. The predicted molar refractivity (Wildman–Crippen MR) is 100 cm³/mol. The van der Waals surface area contributed by atoms with Crippen LogP contribution in [-0.2, 0) is 13.1 Å². The van der Waals surface area contributed by atoms with Gasteiger partial charge in [-0.2, -0.15) is 0 Å². The Labute approximate surface area is 147 Å². The number of aliphatic hydroxyl groups is 1. The van der Waals surface area contributed by atoms with Gasteiger partial charge in [0.1, 0.15) is 0 Å². The van der Waals surface area contributed by atoms with Gasteiger partial charge in [-0.25, -0.2) is 0 Å². The van der Waals surface area contributed by atoms with Gasteiger partial charge in [0, 0.05) is 36.4 Å². The van der Waals surface area contributed by atoms with Gasteiger partial charge in [-0.05, 0) is 42.0 Å². The van der Waals surface area contributed by atoms with E-state index in [1.54, 1.807) is 11.3 Å². The van der Waals surface area contributed by atoms with Gasteiger partial charge in [-0.3, -0.25) is 0 Å². The second-order valence-electron chi connectivity index (χ2n) is 6.23. The molecule has 3 nitrogen and oxygen atoms in total. The molecule has 3 aromatic rings. The molecule has 0 aliphatic heterocycles. The van der Waals surface area contributed by atoms with Crippen LogP contribution in [0.2, 0.25) is 0 Å². The van der Waals surface area contributed by atoms with Gasteiger partial charge in [0.05, 0.1) is 6.10 Å². The monoisotopic (exact) mass is 340 g/mol. The minimum Gasteiger partial charge on any atom is -0.388 e.